The van der Waals surface area contributed by atoms with E-state index in [1.807, 2.05) is 13.0 Å². The standard InChI is InChI=1S/C10H13N3O/c1-8-7-13-9(6-11)5-10(8)12-3-4-14-2/h5,7H,3-4H2,1-2H3,(H,12,13). The topological polar surface area (TPSA) is 57.9 Å². The number of nitrogens with zero attached hydrogens (tertiary/aromatic N) is 2. The second kappa shape index (κ2) is 5.20. The van der Waals surface area contributed by atoms with Crippen molar-refractivity contribution >= 4 is 5.69 Å². The van der Waals surface area contributed by atoms with Crippen LogP contribution in [0.5, 0.6) is 0 Å². The maximum absolute atomic E-state index is 8.66. The quantitative estimate of drug-likeness (QED) is 0.729. The fourth-order valence-corrected chi connectivity index (χ4v) is 1.06. The molecule has 4 heteroatoms. The van der Waals surface area contributed by atoms with Crippen LogP contribution in [0.15, 0.2) is 12.3 Å². The summed E-state index contributed by atoms with van der Waals surface area (Å²) in [4.78, 5) is 3.95. The summed E-state index contributed by atoms with van der Waals surface area (Å²) in [6, 6.07) is 3.74. The van der Waals surface area contributed by atoms with Gasteiger partial charge in [-0.1, -0.05) is 0 Å². The van der Waals surface area contributed by atoms with Gasteiger partial charge in [0.15, 0.2) is 0 Å². The first kappa shape index (κ1) is 10.5. The summed E-state index contributed by atoms with van der Waals surface area (Å²) in [7, 11) is 1.65. The smallest absolute Gasteiger partial charge is 0.142 e. The highest BCUT2D eigenvalue weighted by Crippen LogP contribution is 2.13. The zero-order valence-electron chi connectivity index (χ0n) is 8.37. The van der Waals surface area contributed by atoms with Crippen molar-refractivity contribution in [2.75, 3.05) is 25.6 Å². The van der Waals surface area contributed by atoms with Crippen molar-refractivity contribution < 1.29 is 4.74 Å². The van der Waals surface area contributed by atoms with E-state index in [4.69, 9.17) is 10.00 Å². The Kier molecular flexibility index (Phi) is 3.89. The lowest BCUT2D eigenvalue weighted by molar-refractivity contribution is 0.211. The Hall–Kier alpha value is -1.60. The van der Waals surface area contributed by atoms with Gasteiger partial charge in [-0.05, 0) is 18.6 Å². The molecule has 1 aromatic rings. The molecule has 74 valence electrons. The Morgan fingerprint density at radius 1 is 1.64 bits per heavy atom. The second-order valence-corrected chi connectivity index (χ2v) is 2.92. The molecule has 0 saturated carbocycles. The van der Waals surface area contributed by atoms with Crippen LogP contribution in [0.3, 0.4) is 0 Å². The van der Waals surface area contributed by atoms with Gasteiger partial charge < -0.3 is 10.1 Å². The Labute approximate surface area is 83.5 Å². The van der Waals surface area contributed by atoms with Crippen LogP contribution in [0.2, 0.25) is 0 Å². The maximum atomic E-state index is 8.66. The van der Waals surface area contributed by atoms with Crippen molar-refractivity contribution in [1.82, 2.24) is 4.98 Å². The van der Waals surface area contributed by atoms with Crippen LogP contribution in [-0.2, 0) is 4.74 Å². The fourth-order valence-electron chi connectivity index (χ4n) is 1.06. The van der Waals surface area contributed by atoms with E-state index < -0.39 is 0 Å². The van der Waals surface area contributed by atoms with E-state index in [9.17, 15) is 0 Å². The van der Waals surface area contributed by atoms with Crippen molar-refractivity contribution in [1.29, 1.82) is 5.26 Å². The predicted octanol–water partition coefficient (Wildman–Crippen LogP) is 1.32. The maximum Gasteiger partial charge on any atom is 0.142 e. The number of aryl methyl sites for hydroxylation is 1. The van der Waals surface area contributed by atoms with Crippen LogP contribution in [0, 0.1) is 18.3 Å². The molecule has 0 bridgehead atoms. The molecule has 0 unspecified atom stereocenters. The molecule has 1 heterocycles. The average Bonchev–Trinajstić information content (AvgIpc) is 2.21. The van der Waals surface area contributed by atoms with Gasteiger partial charge >= 0.3 is 0 Å². The van der Waals surface area contributed by atoms with Crippen LogP contribution < -0.4 is 5.32 Å². The number of methoxy groups -OCH3 is 1. The number of nitriles is 1. The molecule has 0 radical (unpaired) electrons. The molecule has 14 heavy (non-hydrogen) atoms. The number of hydrogen-bond donors (Lipinski definition) is 1. The highest BCUT2D eigenvalue weighted by atomic mass is 16.5. The first-order valence-electron chi connectivity index (χ1n) is 4.37. The van der Waals surface area contributed by atoms with Gasteiger partial charge in [-0.3, -0.25) is 0 Å². The number of hydrogen-bond acceptors (Lipinski definition) is 4. The summed E-state index contributed by atoms with van der Waals surface area (Å²) in [6.45, 7) is 3.32. The summed E-state index contributed by atoms with van der Waals surface area (Å²) < 4.78 is 4.92. The van der Waals surface area contributed by atoms with Gasteiger partial charge in [0.25, 0.3) is 0 Å². The first-order chi connectivity index (χ1) is 6.77. The van der Waals surface area contributed by atoms with Gasteiger partial charge in [0, 0.05) is 25.5 Å². The average molecular weight is 191 g/mol. The van der Waals surface area contributed by atoms with Crippen LogP contribution in [-0.4, -0.2) is 25.2 Å². The van der Waals surface area contributed by atoms with E-state index in [0.29, 0.717) is 12.3 Å². The number of ether oxygens (including phenoxy) is 1. The van der Waals surface area contributed by atoms with Gasteiger partial charge in [-0.2, -0.15) is 5.26 Å². The van der Waals surface area contributed by atoms with E-state index in [1.54, 1.807) is 19.4 Å². The Morgan fingerprint density at radius 2 is 2.43 bits per heavy atom. The summed E-state index contributed by atoms with van der Waals surface area (Å²) in [6.07, 6.45) is 1.69. The largest absolute Gasteiger partial charge is 0.383 e. The third-order valence-corrected chi connectivity index (χ3v) is 1.84. The Balaban J connectivity index is 2.70. The van der Waals surface area contributed by atoms with Crippen molar-refractivity contribution in [2.24, 2.45) is 0 Å². The molecular weight excluding hydrogens is 178 g/mol. The minimum absolute atomic E-state index is 0.426. The summed E-state index contributed by atoms with van der Waals surface area (Å²) in [5, 5.41) is 11.8. The molecule has 0 aliphatic heterocycles. The summed E-state index contributed by atoms with van der Waals surface area (Å²) >= 11 is 0. The molecule has 0 fully saturated rings. The van der Waals surface area contributed by atoms with Crippen molar-refractivity contribution in [2.45, 2.75) is 6.92 Å². The molecule has 0 saturated heterocycles. The molecular formula is C10H13N3O. The summed E-state index contributed by atoms with van der Waals surface area (Å²) in [5.74, 6) is 0. The van der Waals surface area contributed by atoms with Crippen LogP contribution in [0.1, 0.15) is 11.3 Å². The highest BCUT2D eigenvalue weighted by Gasteiger charge is 1.99. The second-order valence-electron chi connectivity index (χ2n) is 2.92. The number of anilines is 1. The van der Waals surface area contributed by atoms with Crippen LogP contribution in [0.25, 0.3) is 0 Å². The number of rotatable bonds is 4. The normalized spacial score (nSPS) is 9.50. The molecule has 0 aliphatic rings. The molecule has 0 atom stereocenters. The van der Waals surface area contributed by atoms with Gasteiger partial charge in [-0.15, -0.1) is 0 Å². The molecule has 0 aliphatic carbocycles. The summed E-state index contributed by atoms with van der Waals surface area (Å²) in [5.41, 5.74) is 2.39. The third-order valence-electron chi connectivity index (χ3n) is 1.84. The van der Waals surface area contributed by atoms with Crippen molar-refractivity contribution in [3.05, 3.63) is 23.5 Å². The first-order valence-corrected chi connectivity index (χ1v) is 4.37. The molecule has 1 N–H and O–H groups in total. The van der Waals surface area contributed by atoms with Gasteiger partial charge in [-0.25, -0.2) is 4.98 Å². The molecule has 0 aromatic carbocycles. The SMILES string of the molecule is COCCNc1cc(C#N)ncc1C. The van der Waals surface area contributed by atoms with E-state index >= 15 is 0 Å². The molecule has 0 spiro atoms. The highest BCUT2D eigenvalue weighted by molar-refractivity contribution is 5.52. The minimum atomic E-state index is 0.426. The molecule has 1 rings (SSSR count). The molecule has 1 aromatic heterocycles. The van der Waals surface area contributed by atoms with Gasteiger partial charge in [0.1, 0.15) is 11.8 Å². The minimum Gasteiger partial charge on any atom is -0.383 e. The van der Waals surface area contributed by atoms with Crippen LogP contribution >= 0.6 is 0 Å². The lowest BCUT2D eigenvalue weighted by Crippen LogP contribution is -2.09. The van der Waals surface area contributed by atoms with E-state index in [-0.39, 0.29) is 0 Å². The van der Waals surface area contributed by atoms with Crippen LogP contribution in [0.4, 0.5) is 5.69 Å². The Morgan fingerprint density at radius 3 is 3.07 bits per heavy atom. The molecule has 0 amide bonds. The molecule has 4 nitrogen and oxygen atoms in total. The van der Waals surface area contributed by atoms with Crippen molar-refractivity contribution in [3.8, 4) is 6.07 Å². The number of aromatic nitrogens is 1. The van der Waals surface area contributed by atoms with Gasteiger partial charge in [0.05, 0.1) is 6.61 Å². The van der Waals surface area contributed by atoms with E-state index in [0.717, 1.165) is 17.8 Å². The monoisotopic (exact) mass is 191 g/mol. The lowest BCUT2D eigenvalue weighted by atomic mass is 10.2. The Bertz CT molecular complexity index is 344. The van der Waals surface area contributed by atoms with Crippen molar-refractivity contribution in [3.63, 3.8) is 0 Å². The lowest BCUT2D eigenvalue weighted by Gasteiger charge is -2.08. The predicted molar refractivity (Wildman–Crippen MR) is 54.1 cm³/mol. The van der Waals surface area contributed by atoms with Gasteiger partial charge in [0.2, 0.25) is 0 Å². The zero-order chi connectivity index (χ0) is 10.4. The zero-order valence-corrected chi connectivity index (χ0v) is 8.37. The number of pyridine rings is 1. The van der Waals surface area contributed by atoms with E-state index in [1.165, 1.54) is 0 Å². The van der Waals surface area contributed by atoms with E-state index in [2.05, 4.69) is 10.3 Å². The third kappa shape index (κ3) is 2.71. The fraction of sp³-hybridized carbons (Fsp3) is 0.400. The number of nitrogens with one attached hydrogen (secondary N) is 1.